The molecule has 1 N–H and O–H groups in total. The summed E-state index contributed by atoms with van der Waals surface area (Å²) in [4.78, 5) is 25.2. The fourth-order valence-electron chi connectivity index (χ4n) is 1.90. The normalized spacial score (nSPS) is 10.2. The highest BCUT2D eigenvalue weighted by atomic mass is 16.2. The van der Waals surface area contributed by atoms with Crippen LogP contribution in [0.15, 0.2) is 18.2 Å². The second kappa shape index (κ2) is 7.68. The van der Waals surface area contributed by atoms with Crippen molar-refractivity contribution in [1.29, 1.82) is 0 Å². The number of amides is 2. The quantitative estimate of drug-likeness (QED) is 0.868. The molecule has 20 heavy (non-hydrogen) atoms. The van der Waals surface area contributed by atoms with Gasteiger partial charge in [-0.2, -0.15) is 0 Å². The van der Waals surface area contributed by atoms with Gasteiger partial charge in [0, 0.05) is 19.2 Å². The molecule has 0 spiro atoms. The van der Waals surface area contributed by atoms with Crippen molar-refractivity contribution in [3.63, 3.8) is 0 Å². The summed E-state index contributed by atoms with van der Waals surface area (Å²) >= 11 is 0. The molecule has 110 valence electrons. The molecule has 0 bridgehead atoms. The van der Waals surface area contributed by atoms with E-state index in [1.165, 1.54) is 4.90 Å². The van der Waals surface area contributed by atoms with Crippen LogP contribution in [0.2, 0.25) is 0 Å². The van der Waals surface area contributed by atoms with E-state index >= 15 is 0 Å². The number of nitrogens with zero attached hydrogens (tertiary/aromatic N) is 1. The van der Waals surface area contributed by atoms with Gasteiger partial charge in [-0.1, -0.05) is 25.5 Å². The summed E-state index contributed by atoms with van der Waals surface area (Å²) in [5.74, 6) is -0.144. The lowest BCUT2D eigenvalue weighted by molar-refractivity contribution is -0.133. The molecule has 0 heterocycles. The topological polar surface area (TPSA) is 49.4 Å². The van der Waals surface area contributed by atoms with E-state index in [0.29, 0.717) is 6.42 Å². The Morgan fingerprint density at radius 2 is 1.95 bits per heavy atom. The maximum atomic E-state index is 12.0. The van der Waals surface area contributed by atoms with Crippen molar-refractivity contribution in [2.24, 2.45) is 0 Å². The molecule has 4 nitrogen and oxygen atoms in total. The minimum absolute atomic E-state index is 0.0166. The van der Waals surface area contributed by atoms with Crippen molar-refractivity contribution >= 4 is 17.5 Å². The zero-order valence-electron chi connectivity index (χ0n) is 12.8. The first kappa shape index (κ1) is 16.2. The summed E-state index contributed by atoms with van der Waals surface area (Å²) in [6.07, 6.45) is 2.35. The molecule has 0 saturated heterocycles. The lowest BCUT2D eigenvalue weighted by Crippen LogP contribution is -2.34. The molecular weight excluding hydrogens is 252 g/mol. The number of likely N-dealkylation sites (N-methyl/N-ethyl adjacent to an activating group) is 1. The SMILES string of the molecule is CCCCC(=O)N(C)CC(=O)Nc1cccc(C)c1C. The summed E-state index contributed by atoms with van der Waals surface area (Å²) in [7, 11) is 1.67. The van der Waals surface area contributed by atoms with Crippen LogP contribution in [0.1, 0.15) is 37.3 Å². The Labute approximate surface area is 121 Å². The van der Waals surface area contributed by atoms with E-state index in [0.717, 1.165) is 29.7 Å². The number of benzene rings is 1. The number of aryl methyl sites for hydroxylation is 1. The number of unbranched alkanes of at least 4 members (excludes halogenated alkanes) is 1. The summed E-state index contributed by atoms with van der Waals surface area (Å²) in [6, 6.07) is 5.79. The van der Waals surface area contributed by atoms with Crippen LogP contribution < -0.4 is 5.32 Å². The number of hydrogen-bond donors (Lipinski definition) is 1. The molecule has 1 aromatic carbocycles. The van der Waals surface area contributed by atoms with Gasteiger partial charge in [0.25, 0.3) is 0 Å². The Morgan fingerprint density at radius 3 is 2.60 bits per heavy atom. The molecule has 4 heteroatoms. The summed E-state index contributed by atoms with van der Waals surface area (Å²) in [6.45, 7) is 6.11. The van der Waals surface area contributed by atoms with E-state index in [-0.39, 0.29) is 18.4 Å². The Balaban J connectivity index is 2.55. The van der Waals surface area contributed by atoms with Gasteiger partial charge in [0.15, 0.2) is 0 Å². The summed E-state index contributed by atoms with van der Waals surface area (Å²) in [5.41, 5.74) is 3.00. The van der Waals surface area contributed by atoms with Crippen molar-refractivity contribution < 1.29 is 9.59 Å². The number of hydrogen-bond acceptors (Lipinski definition) is 2. The van der Waals surface area contributed by atoms with E-state index in [2.05, 4.69) is 5.32 Å². The fourth-order valence-corrected chi connectivity index (χ4v) is 1.90. The second-order valence-electron chi connectivity index (χ2n) is 5.15. The zero-order valence-corrected chi connectivity index (χ0v) is 12.8. The highest BCUT2D eigenvalue weighted by molar-refractivity contribution is 5.95. The summed E-state index contributed by atoms with van der Waals surface area (Å²) in [5, 5.41) is 2.86. The molecule has 0 fully saturated rings. The molecule has 0 aliphatic heterocycles. The monoisotopic (exact) mass is 276 g/mol. The van der Waals surface area contributed by atoms with E-state index < -0.39 is 0 Å². The zero-order chi connectivity index (χ0) is 15.1. The van der Waals surface area contributed by atoms with Gasteiger partial charge in [0.05, 0.1) is 6.54 Å². The van der Waals surface area contributed by atoms with Crippen LogP contribution in [0.4, 0.5) is 5.69 Å². The largest absolute Gasteiger partial charge is 0.336 e. The van der Waals surface area contributed by atoms with Crippen LogP contribution >= 0.6 is 0 Å². The third kappa shape index (κ3) is 4.68. The lowest BCUT2D eigenvalue weighted by Gasteiger charge is -2.17. The molecule has 1 aromatic rings. The molecule has 0 atom stereocenters. The van der Waals surface area contributed by atoms with Crippen molar-refractivity contribution in [2.45, 2.75) is 40.0 Å². The number of nitrogens with one attached hydrogen (secondary N) is 1. The number of rotatable bonds is 6. The van der Waals surface area contributed by atoms with Crippen molar-refractivity contribution in [3.05, 3.63) is 29.3 Å². The molecule has 2 amide bonds. The molecule has 0 aliphatic rings. The smallest absolute Gasteiger partial charge is 0.243 e. The maximum Gasteiger partial charge on any atom is 0.243 e. The van der Waals surface area contributed by atoms with Crippen LogP contribution in [-0.2, 0) is 9.59 Å². The first-order valence-electron chi connectivity index (χ1n) is 7.05. The van der Waals surface area contributed by atoms with Crippen LogP contribution in [-0.4, -0.2) is 30.3 Å². The number of carbonyl (C=O) groups is 2. The van der Waals surface area contributed by atoms with Gasteiger partial charge in [-0.05, 0) is 37.5 Å². The third-order valence-corrected chi connectivity index (χ3v) is 3.43. The first-order valence-corrected chi connectivity index (χ1v) is 7.05. The molecule has 1 rings (SSSR count). The van der Waals surface area contributed by atoms with E-state index in [9.17, 15) is 9.59 Å². The Kier molecular flexibility index (Phi) is 6.22. The highest BCUT2D eigenvalue weighted by Crippen LogP contribution is 2.17. The molecule has 0 unspecified atom stereocenters. The van der Waals surface area contributed by atoms with Crippen molar-refractivity contribution in [1.82, 2.24) is 4.90 Å². The molecular formula is C16H24N2O2. The predicted molar refractivity (Wildman–Crippen MR) is 81.7 cm³/mol. The van der Waals surface area contributed by atoms with Crippen LogP contribution in [0.3, 0.4) is 0 Å². The molecule has 0 radical (unpaired) electrons. The highest BCUT2D eigenvalue weighted by Gasteiger charge is 2.13. The lowest BCUT2D eigenvalue weighted by atomic mass is 10.1. The summed E-state index contributed by atoms with van der Waals surface area (Å²) < 4.78 is 0. The van der Waals surface area contributed by atoms with Crippen LogP contribution in [0, 0.1) is 13.8 Å². The van der Waals surface area contributed by atoms with Gasteiger partial charge in [0.2, 0.25) is 11.8 Å². The molecule has 0 aromatic heterocycles. The Hall–Kier alpha value is -1.84. The molecule has 0 aliphatic carbocycles. The second-order valence-corrected chi connectivity index (χ2v) is 5.15. The third-order valence-electron chi connectivity index (χ3n) is 3.43. The van der Waals surface area contributed by atoms with E-state index in [1.54, 1.807) is 7.05 Å². The van der Waals surface area contributed by atoms with Gasteiger partial charge in [-0.25, -0.2) is 0 Å². The van der Waals surface area contributed by atoms with Crippen LogP contribution in [0.5, 0.6) is 0 Å². The predicted octanol–water partition coefficient (Wildman–Crippen LogP) is 2.89. The van der Waals surface area contributed by atoms with Crippen LogP contribution in [0.25, 0.3) is 0 Å². The Bertz CT molecular complexity index is 483. The fraction of sp³-hybridized carbons (Fsp3) is 0.500. The first-order chi connectivity index (χ1) is 9.45. The standard InChI is InChI=1S/C16H24N2O2/c1-5-6-10-16(20)18(4)11-15(19)17-14-9-7-8-12(2)13(14)3/h7-9H,5-6,10-11H2,1-4H3,(H,17,19). The average Bonchev–Trinajstić information content (AvgIpc) is 2.41. The van der Waals surface area contributed by atoms with Gasteiger partial charge < -0.3 is 10.2 Å². The maximum absolute atomic E-state index is 12.0. The van der Waals surface area contributed by atoms with E-state index in [1.807, 2.05) is 39.0 Å². The van der Waals surface area contributed by atoms with Crippen molar-refractivity contribution in [2.75, 3.05) is 18.9 Å². The number of anilines is 1. The van der Waals surface area contributed by atoms with Gasteiger partial charge in [0.1, 0.15) is 0 Å². The minimum Gasteiger partial charge on any atom is -0.336 e. The average molecular weight is 276 g/mol. The van der Waals surface area contributed by atoms with E-state index in [4.69, 9.17) is 0 Å². The van der Waals surface area contributed by atoms with Gasteiger partial charge in [-0.3, -0.25) is 9.59 Å². The molecule has 0 saturated carbocycles. The minimum atomic E-state index is -0.161. The van der Waals surface area contributed by atoms with Gasteiger partial charge in [-0.15, -0.1) is 0 Å². The van der Waals surface area contributed by atoms with Crippen molar-refractivity contribution in [3.8, 4) is 0 Å². The number of carbonyl (C=O) groups excluding carboxylic acids is 2. The van der Waals surface area contributed by atoms with Gasteiger partial charge >= 0.3 is 0 Å². The Morgan fingerprint density at radius 1 is 1.25 bits per heavy atom.